The Labute approximate surface area is 283 Å². The van der Waals surface area contributed by atoms with Crippen molar-refractivity contribution < 1.29 is 0 Å². The van der Waals surface area contributed by atoms with E-state index in [1.54, 1.807) is 0 Å². The number of benzene rings is 8. The minimum absolute atomic E-state index is 0.658. The van der Waals surface area contributed by atoms with Crippen molar-refractivity contribution >= 4 is 54.3 Å². The number of rotatable bonds is 4. The maximum absolute atomic E-state index is 5.51. The van der Waals surface area contributed by atoms with Crippen LogP contribution in [0.3, 0.4) is 0 Å². The summed E-state index contributed by atoms with van der Waals surface area (Å²) in [4.78, 5) is 10.8. The number of hydrogen-bond acceptors (Lipinski definition) is 2. The minimum atomic E-state index is 0.658. The highest BCUT2D eigenvalue weighted by molar-refractivity contribution is 6.14. The lowest BCUT2D eigenvalue weighted by Crippen LogP contribution is -2.04. The van der Waals surface area contributed by atoms with E-state index < -0.39 is 0 Å². The van der Waals surface area contributed by atoms with Gasteiger partial charge in [-0.1, -0.05) is 140 Å². The van der Waals surface area contributed by atoms with Gasteiger partial charge in [0.15, 0.2) is 0 Å². The molecular formula is C46H29N3. The topological polar surface area (TPSA) is 30.7 Å². The van der Waals surface area contributed by atoms with Gasteiger partial charge in [0.2, 0.25) is 5.95 Å². The monoisotopic (exact) mass is 623 g/mol. The predicted molar refractivity (Wildman–Crippen MR) is 205 cm³/mol. The summed E-state index contributed by atoms with van der Waals surface area (Å²) in [6, 6.07) is 62.7. The van der Waals surface area contributed by atoms with Crippen molar-refractivity contribution in [2.45, 2.75) is 0 Å². The standard InChI is InChI=1S/C46H29N3/c1-3-12-30(13-4-1)35-22-24-42-41(28-35)45(38-21-11-19-32-16-9-10-20-37(32)38)48-46(47-42)49-43-25-23-36(31-14-5-2-6-15-31)27-39(43)40-26-33-17-7-8-18-34(33)29-44(40)49/h1-29H. The third kappa shape index (κ3) is 4.51. The Bertz CT molecular complexity index is 2860. The molecule has 3 heteroatoms. The second-order valence-electron chi connectivity index (χ2n) is 12.6. The summed E-state index contributed by atoms with van der Waals surface area (Å²) >= 11 is 0. The Kier molecular flexibility index (Phi) is 6.18. The van der Waals surface area contributed by atoms with Crippen molar-refractivity contribution in [3.8, 4) is 39.5 Å². The van der Waals surface area contributed by atoms with E-state index in [0.717, 1.165) is 38.8 Å². The highest BCUT2D eigenvalue weighted by atomic mass is 15.2. The molecule has 0 aliphatic carbocycles. The Morgan fingerprint density at radius 3 is 1.69 bits per heavy atom. The maximum atomic E-state index is 5.51. The van der Waals surface area contributed by atoms with E-state index in [4.69, 9.17) is 9.97 Å². The van der Waals surface area contributed by atoms with Gasteiger partial charge in [-0.15, -0.1) is 0 Å². The zero-order valence-electron chi connectivity index (χ0n) is 26.6. The second kappa shape index (κ2) is 11.0. The molecule has 0 radical (unpaired) electrons. The molecule has 228 valence electrons. The molecule has 10 aromatic rings. The summed E-state index contributed by atoms with van der Waals surface area (Å²) in [5, 5.41) is 8.14. The van der Waals surface area contributed by atoms with Gasteiger partial charge in [0.05, 0.1) is 22.2 Å². The average molecular weight is 624 g/mol. The van der Waals surface area contributed by atoms with Gasteiger partial charge in [-0.2, -0.15) is 0 Å². The Hall–Kier alpha value is -6.58. The van der Waals surface area contributed by atoms with Crippen LogP contribution in [0.4, 0.5) is 0 Å². The van der Waals surface area contributed by atoms with Crippen LogP contribution in [0.25, 0.3) is 93.7 Å². The Morgan fingerprint density at radius 1 is 0.347 bits per heavy atom. The van der Waals surface area contributed by atoms with Gasteiger partial charge in [-0.3, -0.25) is 4.57 Å². The van der Waals surface area contributed by atoms with E-state index >= 15 is 0 Å². The van der Waals surface area contributed by atoms with Gasteiger partial charge in [-0.25, -0.2) is 9.97 Å². The van der Waals surface area contributed by atoms with Crippen LogP contribution in [-0.2, 0) is 0 Å². The van der Waals surface area contributed by atoms with Crippen LogP contribution < -0.4 is 0 Å². The summed E-state index contributed by atoms with van der Waals surface area (Å²) in [5.41, 5.74) is 9.77. The molecule has 10 rings (SSSR count). The molecule has 8 aromatic carbocycles. The van der Waals surface area contributed by atoms with Crippen molar-refractivity contribution in [3.63, 3.8) is 0 Å². The van der Waals surface area contributed by atoms with E-state index in [-0.39, 0.29) is 0 Å². The SMILES string of the molecule is c1ccc(-c2ccc3nc(-n4c5ccc(-c6ccccc6)cc5c5cc6ccccc6cc54)nc(-c4cccc5ccccc45)c3c2)cc1. The average Bonchev–Trinajstić information content (AvgIpc) is 3.49. The van der Waals surface area contributed by atoms with Crippen molar-refractivity contribution in [2.75, 3.05) is 0 Å². The molecule has 49 heavy (non-hydrogen) atoms. The molecule has 2 heterocycles. The molecule has 0 saturated heterocycles. The quantitative estimate of drug-likeness (QED) is 0.195. The molecule has 0 aliphatic rings. The molecule has 0 spiro atoms. The van der Waals surface area contributed by atoms with E-state index in [1.165, 1.54) is 49.0 Å². The lowest BCUT2D eigenvalue weighted by Gasteiger charge is -2.14. The minimum Gasteiger partial charge on any atom is -0.278 e. The Morgan fingerprint density at radius 2 is 0.939 bits per heavy atom. The lowest BCUT2D eigenvalue weighted by molar-refractivity contribution is 1.01. The lowest BCUT2D eigenvalue weighted by atomic mass is 9.97. The molecule has 0 amide bonds. The number of fused-ring (bicyclic) bond motifs is 6. The third-order valence-corrected chi connectivity index (χ3v) is 9.78. The third-order valence-electron chi connectivity index (χ3n) is 9.78. The van der Waals surface area contributed by atoms with Crippen LogP contribution >= 0.6 is 0 Å². The van der Waals surface area contributed by atoms with Crippen molar-refractivity contribution in [2.24, 2.45) is 0 Å². The molecule has 0 N–H and O–H groups in total. The van der Waals surface area contributed by atoms with Gasteiger partial charge >= 0.3 is 0 Å². The molecule has 0 aliphatic heterocycles. The highest BCUT2D eigenvalue weighted by Crippen LogP contribution is 2.39. The summed E-state index contributed by atoms with van der Waals surface area (Å²) < 4.78 is 2.26. The summed E-state index contributed by atoms with van der Waals surface area (Å²) in [6.45, 7) is 0. The van der Waals surface area contributed by atoms with Crippen LogP contribution in [0.15, 0.2) is 176 Å². The molecule has 0 fully saturated rings. The Balaban J connectivity index is 1.30. The van der Waals surface area contributed by atoms with Crippen LogP contribution in [-0.4, -0.2) is 14.5 Å². The van der Waals surface area contributed by atoms with Crippen LogP contribution in [0.2, 0.25) is 0 Å². The summed E-state index contributed by atoms with van der Waals surface area (Å²) in [7, 11) is 0. The van der Waals surface area contributed by atoms with E-state index in [9.17, 15) is 0 Å². The first-order chi connectivity index (χ1) is 24.3. The van der Waals surface area contributed by atoms with E-state index in [1.807, 2.05) is 0 Å². The number of nitrogens with zero attached hydrogens (tertiary/aromatic N) is 3. The molecule has 2 aromatic heterocycles. The second-order valence-corrected chi connectivity index (χ2v) is 12.6. The zero-order chi connectivity index (χ0) is 32.3. The van der Waals surface area contributed by atoms with Crippen LogP contribution in [0.5, 0.6) is 0 Å². The predicted octanol–water partition coefficient (Wildman–Crippen LogP) is 12.0. The van der Waals surface area contributed by atoms with Gasteiger partial charge in [0.1, 0.15) is 0 Å². The van der Waals surface area contributed by atoms with Gasteiger partial charge in [-0.05, 0) is 80.2 Å². The van der Waals surface area contributed by atoms with Gasteiger partial charge in [0.25, 0.3) is 0 Å². The first kappa shape index (κ1) is 27.5. The first-order valence-corrected chi connectivity index (χ1v) is 16.7. The van der Waals surface area contributed by atoms with E-state index in [2.05, 4.69) is 180 Å². The number of aromatic nitrogens is 3. The van der Waals surface area contributed by atoms with Crippen molar-refractivity contribution in [1.82, 2.24) is 14.5 Å². The fraction of sp³-hybridized carbons (Fsp3) is 0. The summed E-state index contributed by atoms with van der Waals surface area (Å²) in [6.07, 6.45) is 0. The maximum Gasteiger partial charge on any atom is 0.235 e. The normalized spacial score (nSPS) is 11.7. The molecule has 0 atom stereocenters. The van der Waals surface area contributed by atoms with Crippen LogP contribution in [0.1, 0.15) is 0 Å². The zero-order valence-corrected chi connectivity index (χ0v) is 26.6. The van der Waals surface area contributed by atoms with E-state index in [0.29, 0.717) is 5.95 Å². The molecule has 0 saturated carbocycles. The fourth-order valence-corrected chi connectivity index (χ4v) is 7.39. The van der Waals surface area contributed by atoms with Crippen molar-refractivity contribution in [1.29, 1.82) is 0 Å². The van der Waals surface area contributed by atoms with Gasteiger partial charge in [0, 0.05) is 21.7 Å². The molecule has 0 unspecified atom stereocenters. The molecular weight excluding hydrogens is 595 g/mol. The molecule has 0 bridgehead atoms. The van der Waals surface area contributed by atoms with Gasteiger partial charge < -0.3 is 0 Å². The smallest absolute Gasteiger partial charge is 0.235 e. The first-order valence-electron chi connectivity index (χ1n) is 16.7. The van der Waals surface area contributed by atoms with Crippen LogP contribution in [0, 0.1) is 0 Å². The molecule has 3 nitrogen and oxygen atoms in total. The largest absolute Gasteiger partial charge is 0.278 e. The van der Waals surface area contributed by atoms with Crippen molar-refractivity contribution in [3.05, 3.63) is 176 Å². The fourth-order valence-electron chi connectivity index (χ4n) is 7.39. The summed E-state index contributed by atoms with van der Waals surface area (Å²) in [5.74, 6) is 0.658. The number of hydrogen-bond donors (Lipinski definition) is 0. The highest BCUT2D eigenvalue weighted by Gasteiger charge is 2.20.